The van der Waals surface area contributed by atoms with Gasteiger partial charge in [-0.2, -0.15) is 0 Å². The van der Waals surface area contributed by atoms with Crippen molar-refractivity contribution in [2.24, 2.45) is 0 Å². The van der Waals surface area contributed by atoms with Gasteiger partial charge < -0.3 is 25.0 Å². The summed E-state index contributed by atoms with van der Waals surface area (Å²) in [6.45, 7) is 5.32. The Labute approximate surface area is 198 Å². The van der Waals surface area contributed by atoms with Crippen LogP contribution in [0.2, 0.25) is 0 Å². The van der Waals surface area contributed by atoms with E-state index in [9.17, 15) is 23.0 Å². The quantitative estimate of drug-likeness (QED) is 0.506. The summed E-state index contributed by atoms with van der Waals surface area (Å²) < 4.78 is 67.8. The lowest BCUT2D eigenvalue weighted by molar-refractivity contribution is -0.0129. The first-order valence-electron chi connectivity index (χ1n) is 11.0. The Balaban J connectivity index is 0.00000158. The predicted molar refractivity (Wildman–Crippen MR) is 125 cm³/mol. The van der Waals surface area contributed by atoms with Crippen molar-refractivity contribution in [2.75, 3.05) is 23.8 Å². The Morgan fingerprint density at radius 1 is 1.18 bits per heavy atom. The lowest BCUT2D eigenvalue weighted by Gasteiger charge is -2.28. The number of nitrogens with one attached hydrogen (secondary N) is 2. The van der Waals surface area contributed by atoms with E-state index in [4.69, 9.17) is 9.47 Å². The van der Waals surface area contributed by atoms with Gasteiger partial charge in [0.05, 0.1) is 23.6 Å². The molecule has 11 heteroatoms. The van der Waals surface area contributed by atoms with Crippen molar-refractivity contribution < 1.29 is 36.9 Å². The van der Waals surface area contributed by atoms with Crippen LogP contribution < -0.4 is 19.5 Å². The molecule has 4 N–H and O–H groups in total. The van der Waals surface area contributed by atoms with E-state index < -0.39 is 44.3 Å². The number of benzene rings is 2. The highest BCUT2D eigenvalue weighted by molar-refractivity contribution is 7.94. The molecule has 1 aliphatic carbocycles. The second kappa shape index (κ2) is 9.93. The molecule has 1 fully saturated rings. The largest absolute Gasteiger partial charge is 0.493 e. The molecule has 2 aromatic rings. The second-order valence-electron chi connectivity index (χ2n) is 8.19. The van der Waals surface area contributed by atoms with Crippen molar-refractivity contribution in [1.82, 2.24) is 0 Å². The van der Waals surface area contributed by atoms with Gasteiger partial charge in [-0.15, -0.1) is 0 Å². The normalized spacial score (nSPS) is 22.2. The summed E-state index contributed by atoms with van der Waals surface area (Å²) >= 11 is 0. The molecular formula is C23H30F2N2O6S. The summed E-state index contributed by atoms with van der Waals surface area (Å²) in [5.74, 6) is -2.06. The number of sulfonamides is 1. The van der Waals surface area contributed by atoms with Crippen LogP contribution in [0.5, 0.6) is 11.5 Å². The number of hydrogen-bond donors (Lipinski definition) is 4. The smallest absolute Gasteiger partial charge is 0.238 e. The van der Waals surface area contributed by atoms with Gasteiger partial charge in [0.15, 0.2) is 11.6 Å². The number of fused-ring (bicyclic) bond motifs is 1. The van der Waals surface area contributed by atoms with Crippen molar-refractivity contribution >= 4 is 27.1 Å². The maximum absolute atomic E-state index is 15.3. The lowest BCUT2D eigenvalue weighted by atomic mass is 10.1. The molecule has 0 aromatic heterocycles. The van der Waals surface area contributed by atoms with Crippen LogP contribution in [0.25, 0.3) is 0 Å². The maximum atomic E-state index is 15.3. The fourth-order valence-electron chi connectivity index (χ4n) is 3.72. The van der Waals surface area contributed by atoms with Crippen molar-refractivity contribution in [3.63, 3.8) is 0 Å². The molecule has 1 spiro atoms. The Kier molecular flexibility index (Phi) is 7.59. The number of rotatable bonds is 3. The third-order valence-corrected chi connectivity index (χ3v) is 8.04. The topological polar surface area (TPSA) is 117 Å². The number of aliphatic hydroxyl groups is 2. The van der Waals surface area contributed by atoms with Crippen LogP contribution in [-0.2, 0) is 10.0 Å². The first kappa shape index (κ1) is 26.0. The van der Waals surface area contributed by atoms with Crippen LogP contribution >= 0.6 is 0 Å². The summed E-state index contributed by atoms with van der Waals surface area (Å²) in [6.07, 6.45) is -2.34. The Morgan fingerprint density at radius 3 is 2.44 bits per heavy atom. The Morgan fingerprint density at radius 2 is 1.85 bits per heavy atom. The summed E-state index contributed by atoms with van der Waals surface area (Å²) in [6, 6.07) is 5.38. The number of halogens is 2. The minimum Gasteiger partial charge on any atom is -0.493 e. The van der Waals surface area contributed by atoms with Gasteiger partial charge in [-0.25, -0.2) is 17.2 Å². The average Bonchev–Trinajstić information content (AvgIpc) is 3.58. The van der Waals surface area contributed by atoms with E-state index in [1.54, 1.807) is 13.0 Å². The molecule has 188 valence electrons. The molecule has 2 atom stereocenters. The standard InChI is InChI=1S/C21H24F2N2O6S.C2H6/c1-11-3-4-13(12(22)7-11)24-20-18(23)16(30-2)8-17-19(20)25-32(28,29)21(5-6-21)9-14(26)15(27)10-31-17;1-2/h3-4,7-8,14-15,24-27H,5-6,9-10H2,1-2H3;1-2H3. The molecule has 2 aliphatic rings. The molecule has 0 bridgehead atoms. The number of ether oxygens (including phenoxy) is 2. The van der Waals surface area contributed by atoms with E-state index >= 15 is 4.39 Å². The molecular weight excluding hydrogens is 470 g/mol. The molecule has 8 nitrogen and oxygen atoms in total. The van der Waals surface area contributed by atoms with E-state index in [0.717, 1.165) is 6.07 Å². The summed E-state index contributed by atoms with van der Waals surface area (Å²) in [4.78, 5) is 0. The molecule has 0 saturated heterocycles. The van der Waals surface area contributed by atoms with Gasteiger partial charge in [-0.1, -0.05) is 19.9 Å². The van der Waals surface area contributed by atoms with Crippen molar-refractivity contribution in [3.8, 4) is 11.5 Å². The van der Waals surface area contributed by atoms with E-state index in [2.05, 4.69) is 10.0 Å². The van der Waals surface area contributed by atoms with Gasteiger partial charge in [0.2, 0.25) is 10.0 Å². The molecule has 0 amide bonds. The van der Waals surface area contributed by atoms with Crippen molar-refractivity contribution in [3.05, 3.63) is 41.5 Å². The third-order valence-electron chi connectivity index (χ3n) is 5.85. The van der Waals surface area contributed by atoms with Gasteiger partial charge in [0.25, 0.3) is 0 Å². The van der Waals surface area contributed by atoms with Crippen LogP contribution in [0.4, 0.5) is 25.8 Å². The number of aryl methyl sites for hydroxylation is 1. The molecule has 0 radical (unpaired) electrons. The van der Waals surface area contributed by atoms with Crippen LogP contribution in [0, 0.1) is 18.6 Å². The van der Waals surface area contributed by atoms with Gasteiger partial charge in [0, 0.05) is 6.07 Å². The van der Waals surface area contributed by atoms with Crippen LogP contribution in [0.15, 0.2) is 24.3 Å². The van der Waals surface area contributed by atoms with Crippen LogP contribution in [0.1, 0.15) is 38.7 Å². The number of anilines is 3. The fraction of sp³-hybridized carbons (Fsp3) is 0.478. The minimum absolute atomic E-state index is 0.0853. The number of aliphatic hydroxyl groups excluding tert-OH is 2. The van der Waals surface area contributed by atoms with Gasteiger partial charge in [-0.3, -0.25) is 4.72 Å². The highest BCUT2D eigenvalue weighted by Gasteiger charge is 2.56. The minimum atomic E-state index is -4.13. The van der Waals surface area contributed by atoms with E-state index in [-0.39, 0.29) is 48.7 Å². The first-order valence-corrected chi connectivity index (χ1v) is 12.5. The lowest BCUT2D eigenvalue weighted by Crippen LogP contribution is -2.41. The zero-order chi connectivity index (χ0) is 25.3. The number of hydrogen-bond acceptors (Lipinski definition) is 7. The average molecular weight is 501 g/mol. The zero-order valence-corrected chi connectivity index (χ0v) is 20.3. The van der Waals surface area contributed by atoms with E-state index in [1.165, 1.54) is 19.2 Å². The Hall–Kier alpha value is -2.63. The summed E-state index contributed by atoms with van der Waals surface area (Å²) in [5.41, 5.74) is -0.109. The molecule has 4 rings (SSSR count). The zero-order valence-electron chi connectivity index (χ0n) is 19.5. The third kappa shape index (κ3) is 4.91. The second-order valence-corrected chi connectivity index (χ2v) is 10.3. The summed E-state index contributed by atoms with van der Waals surface area (Å²) in [7, 11) is -2.92. The Bertz CT molecular complexity index is 1150. The maximum Gasteiger partial charge on any atom is 0.238 e. The monoisotopic (exact) mass is 500 g/mol. The van der Waals surface area contributed by atoms with E-state index in [1.807, 2.05) is 13.8 Å². The predicted octanol–water partition coefficient (Wildman–Crippen LogP) is 3.83. The molecule has 1 saturated carbocycles. The molecule has 1 heterocycles. The van der Waals surface area contributed by atoms with Crippen LogP contribution in [-0.4, -0.2) is 49.3 Å². The molecule has 2 unspecified atom stereocenters. The van der Waals surface area contributed by atoms with Gasteiger partial charge in [0.1, 0.15) is 35.7 Å². The van der Waals surface area contributed by atoms with Crippen molar-refractivity contribution in [1.29, 1.82) is 0 Å². The van der Waals surface area contributed by atoms with Gasteiger partial charge in [-0.05, 0) is 43.9 Å². The van der Waals surface area contributed by atoms with E-state index in [0.29, 0.717) is 5.56 Å². The van der Waals surface area contributed by atoms with Crippen LogP contribution in [0.3, 0.4) is 0 Å². The summed E-state index contributed by atoms with van der Waals surface area (Å²) in [5, 5.41) is 23.1. The molecule has 1 aliphatic heterocycles. The highest BCUT2D eigenvalue weighted by atomic mass is 32.2. The van der Waals surface area contributed by atoms with Gasteiger partial charge >= 0.3 is 0 Å². The number of methoxy groups -OCH3 is 1. The molecule has 34 heavy (non-hydrogen) atoms. The molecule has 2 aromatic carbocycles. The van der Waals surface area contributed by atoms with Crippen molar-refractivity contribution in [2.45, 2.75) is 57.0 Å². The highest BCUT2D eigenvalue weighted by Crippen LogP contribution is 2.51. The first-order chi connectivity index (χ1) is 16.1. The fourth-order valence-corrected chi connectivity index (χ4v) is 5.43. The SMILES string of the molecule is CC.COc1cc2c(c(Nc3ccc(C)cc3F)c1F)NS(=O)(=O)C1(CC1)CC(O)C(O)CO2.